The van der Waals surface area contributed by atoms with Crippen LogP contribution in [0.2, 0.25) is 0 Å². The Balaban J connectivity index is 2.51. The van der Waals surface area contributed by atoms with E-state index in [9.17, 15) is 4.21 Å². The van der Waals surface area contributed by atoms with E-state index in [1.54, 1.807) is 0 Å². The molecule has 1 heterocycles. The van der Waals surface area contributed by atoms with Crippen molar-refractivity contribution in [1.82, 2.24) is 5.32 Å². The highest BCUT2D eigenvalue weighted by molar-refractivity contribution is 7.85. The molecule has 3 unspecified atom stereocenters. The van der Waals surface area contributed by atoms with E-state index in [-0.39, 0.29) is 0 Å². The van der Waals surface area contributed by atoms with Gasteiger partial charge >= 0.3 is 0 Å². The minimum absolute atomic E-state index is 0.463. The van der Waals surface area contributed by atoms with E-state index in [1.165, 1.54) is 0 Å². The van der Waals surface area contributed by atoms with Gasteiger partial charge < -0.3 is 5.32 Å². The maximum Gasteiger partial charge on any atom is 0.0392 e. The third-order valence-corrected chi connectivity index (χ3v) is 4.00. The molecule has 3 heteroatoms. The predicted molar refractivity (Wildman–Crippen MR) is 53.7 cm³/mol. The van der Waals surface area contributed by atoms with Crippen LogP contribution in [0.25, 0.3) is 0 Å². The molecule has 0 aromatic carbocycles. The van der Waals surface area contributed by atoms with Gasteiger partial charge in [0.05, 0.1) is 0 Å². The van der Waals surface area contributed by atoms with Gasteiger partial charge in [-0.15, -0.1) is 0 Å². The molecular formula is C9H19NOS. The summed E-state index contributed by atoms with van der Waals surface area (Å²) < 4.78 is 11.4. The summed E-state index contributed by atoms with van der Waals surface area (Å²) in [5.41, 5.74) is 0. The smallest absolute Gasteiger partial charge is 0.0392 e. The molecule has 0 aromatic rings. The highest BCUT2D eigenvalue weighted by atomic mass is 32.2. The lowest BCUT2D eigenvalue weighted by atomic mass is 10.0. The average molecular weight is 189 g/mol. The number of hydrogen-bond donors (Lipinski definition) is 1. The van der Waals surface area contributed by atoms with Gasteiger partial charge in [0.2, 0.25) is 0 Å². The first kappa shape index (κ1) is 10.2. The molecular weight excluding hydrogens is 170 g/mol. The van der Waals surface area contributed by atoms with Crippen LogP contribution in [-0.2, 0) is 10.8 Å². The fourth-order valence-electron chi connectivity index (χ4n) is 1.51. The predicted octanol–water partition coefficient (Wildman–Crippen LogP) is 1.14. The van der Waals surface area contributed by atoms with E-state index in [1.807, 2.05) is 0 Å². The maximum atomic E-state index is 11.4. The van der Waals surface area contributed by atoms with Crippen molar-refractivity contribution in [1.29, 1.82) is 0 Å². The third-order valence-electron chi connectivity index (χ3n) is 2.50. The Morgan fingerprint density at radius 1 is 1.50 bits per heavy atom. The fraction of sp³-hybridized carbons (Fsp3) is 1.00. The van der Waals surface area contributed by atoms with E-state index in [4.69, 9.17) is 0 Å². The zero-order valence-electron chi connectivity index (χ0n) is 8.17. The minimum Gasteiger partial charge on any atom is -0.309 e. The molecule has 0 aliphatic carbocycles. The summed E-state index contributed by atoms with van der Waals surface area (Å²) in [5, 5.41) is 3.54. The highest BCUT2D eigenvalue weighted by Crippen LogP contribution is 2.12. The Kier molecular flexibility index (Phi) is 3.72. The molecule has 1 fully saturated rings. The Bertz CT molecular complexity index is 170. The number of hydrogen-bond acceptors (Lipinski definition) is 2. The molecule has 0 saturated carbocycles. The third kappa shape index (κ3) is 2.56. The SMILES string of the molecule is CCC1CS(=O)CC(C(C)C)N1. The molecule has 0 radical (unpaired) electrons. The van der Waals surface area contributed by atoms with Crippen LogP contribution in [0.1, 0.15) is 27.2 Å². The molecule has 3 atom stereocenters. The summed E-state index contributed by atoms with van der Waals surface area (Å²) in [5.74, 6) is 2.29. The Hall–Kier alpha value is 0.110. The van der Waals surface area contributed by atoms with Crippen LogP contribution >= 0.6 is 0 Å². The molecule has 1 aliphatic heterocycles. The first-order valence-corrected chi connectivity index (χ1v) is 6.23. The number of rotatable bonds is 2. The number of nitrogens with one attached hydrogen (secondary N) is 1. The van der Waals surface area contributed by atoms with Crippen LogP contribution in [0.5, 0.6) is 0 Å². The Labute approximate surface area is 77.6 Å². The Morgan fingerprint density at radius 3 is 2.67 bits per heavy atom. The molecule has 0 aromatic heterocycles. The monoisotopic (exact) mass is 189 g/mol. The molecule has 2 nitrogen and oxygen atoms in total. The normalized spacial score (nSPS) is 37.2. The van der Waals surface area contributed by atoms with Crippen molar-refractivity contribution in [3.63, 3.8) is 0 Å². The van der Waals surface area contributed by atoms with E-state index in [0.717, 1.165) is 17.9 Å². The summed E-state index contributed by atoms with van der Waals surface area (Å²) in [6.07, 6.45) is 1.09. The van der Waals surface area contributed by atoms with Crippen molar-refractivity contribution < 1.29 is 4.21 Å². The molecule has 1 N–H and O–H groups in total. The summed E-state index contributed by atoms with van der Waals surface area (Å²) in [7, 11) is -0.583. The van der Waals surface area contributed by atoms with E-state index >= 15 is 0 Å². The van der Waals surface area contributed by atoms with Crippen molar-refractivity contribution in [3.05, 3.63) is 0 Å². The van der Waals surface area contributed by atoms with Gasteiger partial charge in [-0.1, -0.05) is 20.8 Å². The topological polar surface area (TPSA) is 29.1 Å². The van der Waals surface area contributed by atoms with Gasteiger partial charge in [0.15, 0.2) is 0 Å². The average Bonchev–Trinajstić information content (AvgIpc) is 2.03. The molecule has 1 aliphatic rings. The van der Waals surface area contributed by atoms with Gasteiger partial charge in [-0.3, -0.25) is 4.21 Å². The standard InChI is InChI=1S/C9H19NOS/c1-4-8-5-12(11)6-9(10-8)7(2)3/h7-10H,4-6H2,1-3H3. The van der Waals surface area contributed by atoms with Crippen molar-refractivity contribution in [2.75, 3.05) is 11.5 Å². The second-order valence-corrected chi connectivity index (χ2v) is 5.44. The van der Waals surface area contributed by atoms with Gasteiger partial charge in [-0.25, -0.2) is 0 Å². The van der Waals surface area contributed by atoms with Gasteiger partial charge in [0, 0.05) is 34.4 Å². The van der Waals surface area contributed by atoms with Crippen LogP contribution in [0.15, 0.2) is 0 Å². The van der Waals surface area contributed by atoms with E-state index < -0.39 is 10.8 Å². The van der Waals surface area contributed by atoms with Crippen LogP contribution in [0.4, 0.5) is 0 Å². The maximum absolute atomic E-state index is 11.4. The first-order chi connectivity index (χ1) is 5.63. The molecule has 12 heavy (non-hydrogen) atoms. The zero-order valence-corrected chi connectivity index (χ0v) is 8.99. The van der Waals surface area contributed by atoms with Crippen LogP contribution in [0, 0.1) is 5.92 Å². The second kappa shape index (κ2) is 4.38. The van der Waals surface area contributed by atoms with Crippen molar-refractivity contribution in [3.8, 4) is 0 Å². The first-order valence-electron chi connectivity index (χ1n) is 4.74. The van der Waals surface area contributed by atoms with E-state index in [0.29, 0.717) is 18.0 Å². The zero-order chi connectivity index (χ0) is 9.14. The lowest BCUT2D eigenvalue weighted by molar-refractivity contribution is 0.371. The Morgan fingerprint density at radius 2 is 2.17 bits per heavy atom. The molecule has 0 spiro atoms. The molecule has 1 saturated heterocycles. The van der Waals surface area contributed by atoms with Crippen LogP contribution in [-0.4, -0.2) is 27.8 Å². The van der Waals surface area contributed by atoms with Gasteiger partial charge in [0.1, 0.15) is 0 Å². The summed E-state index contributed by atoms with van der Waals surface area (Å²) in [4.78, 5) is 0. The molecule has 0 amide bonds. The second-order valence-electron chi connectivity index (χ2n) is 3.90. The van der Waals surface area contributed by atoms with E-state index in [2.05, 4.69) is 26.1 Å². The largest absolute Gasteiger partial charge is 0.309 e. The van der Waals surface area contributed by atoms with Crippen LogP contribution in [0.3, 0.4) is 0 Å². The molecule has 1 rings (SSSR count). The summed E-state index contributed by atoms with van der Waals surface area (Å²) in [6, 6.07) is 0.941. The van der Waals surface area contributed by atoms with Gasteiger partial charge in [-0.05, 0) is 12.3 Å². The lowest BCUT2D eigenvalue weighted by Gasteiger charge is -2.32. The lowest BCUT2D eigenvalue weighted by Crippen LogP contribution is -2.51. The van der Waals surface area contributed by atoms with Gasteiger partial charge in [0.25, 0.3) is 0 Å². The van der Waals surface area contributed by atoms with Crippen molar-refractivity contribution >= 4 is 10.8 Å². The van der Waals surface area contributed by atoms with Crippen LogP contribution < -0.4 is 5.32 Å². The highest BCUT2D eigenvalue weighted by Gasteiger charge is 2.26. The van der Waals surface area contributed by atoms with Gasteiger partial charge in [-0.2, -0.15) is 0 Å². The fourth-order valence-corrected chi connectivity index (χ4v) is 3.31. The molecule has 0 bridgehead atoms. The van der Waals surface area contributed by atoms with Crippen molar-refractivity contribution in [2.45, 2.75) is 39.3 Å². The molecule has 72 valence electrons. The minimum atomic E-state index is -0.583. The van der Waals surface area contributed by atoms with Crippen molar-refractivity contribution in [2.24, 2.45) is 5.92 Å². The summed E-state index contributed by atoms with van der Waals surface area (Å²) >= 11 is 0. The quantitative estimate of drug-likeness (QED) is 0.706. The summed E-state index contributed by atoms with van der Waals surface area (Å²) in [6.45, 7) is 6.53.